The molecule has 106 valence electrons. The van der Waals surface area contributed by atoms with Crippen LogP contribution in [0.25, 0.3) is 0 Å². The zero-order chi connectivity index (χ0) is 15.3. The minimum absolute atomic E-state index is 0.142. The molecule has 2 aromatic rings. The number of nitrogens with zero attached hydrogens (tertiary/aromatic N) is 3. The first-order valence-electron chi connectivity index (χ1n) is 4.85. The van der Waals surface area contributed by atoms with Crippen molar-refractivity contribution in [1.82, 2.24) is 9.97 Å². The number of aromatic nitrogens is 2. The summed E-state index contributed by atoms with van der Waals surface area (Å²) in [6.07, 6.45) is 0. The standard InChI is InChI=1S/C5H2F2N2O2.C5H4F2N2/c6-4-2-1-3(9(10)11)5(7)8-4;6-4-2-1-3(8)5(7)9-4/h1-2H;1-2H,8H2. The first kappa shape index (κ1) is 15.3. The molecule has 0 unspecified atom stereocenters. The van der Waals surface area contributed by atoms with E-state index in [1.165, 1.54) is 0 Å². The molecular formula is C10H6F4N4O2. The third-order valence-corrected chi connectivity index (χ3v) is 1.84. The normalized spacial score (nSPS) is 9.60. The Morgan fingerprint density at radius 1 is 0.950 bits per heavy atom. The Morgan fingerprint density at radius 2 is 1.45 bits per heavy atom. The summed E-state index contributed by atoms with van der Waals surface area (Å²) in [7, 11) is 0. The minimum atomic E-state index is -1.41. The summed E-state index contributed by atoms with van der Waals surface area (Å²) in [6, 6.07) is 3.56. The molecule has 0 aromatic carbocycles. The van der Waals surface area contributed by atoms with Crippen LogP contribution in [0, 0.1) is 33.9 Å². The van der Waals surface area contributed by atoms with E-state index in [2.05, 4.69) is 9.97 Å². The first-order valence-corrected chi connectivity index (χ1v) is 4.85. The Hall–Kier alpha value is -2.78. The number of halogens is 4. The highest BCUT2D eigenvalue weighted by Gasteiger charge is 2.14. The summed E-state index contributed by atoms with van der Waals surface area (Å²) >= 11 is 0. The molecule has 0 radical (unpaired) electrons. The van der Waals surface area contributed by atoms with Gasteiger partial charge in [-0.1, -0.05) is 0 Å². The smallest absolute Gasteiger partial charge is 0.324 e. The van der Waals surface area contributed by atoms with E-state index >= 15 is 0 Å². The van der Waals surface area contributed by atoms with Gasteiger partial charge in [-0.25, -0.2) is 0 Å². The maximum atomic E-state index is 12.3. The van der Waals surface area contributed by atoms with Gasteiger partial charge in [-0.15, -0.1) is 0 Å². The molecule has 0 bridgehead atoms. The van der Waals surface area contributed by atoms with Crippen LogP contribution in [0.5, 0.6) is 0 Å². The van der Waals surface area contributed by atoms with E-state index < -0.39 is 34.4 Å². The van der Waals surface area contributed by atoms with E-state index in [-0.39, 0.29) is 5.69 Å². The third kappa shape index (κ3) is 4.15. The molecule has 0 saturated heterocycles. The number of nitrogens with two attached hydrogens (primary N) is 1. The fraction of sp³-hybridized carbons (Fsp3) is 0. The summed E-state index contributed by atoms with van der Waals surface area (Å²) < 4.78 is 48.4. The number of anilines is 1. The van der Waals surface area contributed by atoms with Crippen molar-refractivity contribution in [2.45, 2.75) is 0 Å². The van der Waals surface area contributed by atoms with Crippen molar-refractivity contribution in [1.29, 1.82) is 0 Å². The van der Waals surface area contributed by atoms with E-state index in [1.54, 1.807) is 0 Å². The van der Waals surface area contributed by atoms with Gasteiger partial charge in [0.2, 0.25) is 17.8 Å². The van der Waals surface area contributed by atoms with Gasteiger partial charge in [0, 0.05) is 12.1 Å². The summed E-state index contributed by atoms with van der Waals surface area (Å²) in [5.74, 6) is -4.31. The first-order chi connectivity index (χ1) is 9.31. The Balaban J connectivity index is 0.000000204. The molecule has 0 aliphatic rings. The number of hydrogen-bond donors (Lipinski definition) is 1. The maximum Gasteiger partial charge on any atom is 0.324 e. The van der Waals surface area contributed by atoms with E-state index in [0.717, 1.165) is 24.3 Å². The molecule has 0 fully saturated rings. The van der Waals surface area contributed by atoms with Crippen LogP contribution >= 0.6 is 0 Å². The van der Waals surface area contributed by atoms with Crippen LogP contribution < -0.4 is 5.73 Å². The monoisotopic (exact) mass is 290 g/mol. The van der Waals surface area contributed by atoms with Gasteiger partial charge in [-0.05, 0) is 12.1 Å². The maximum absolute atomic E-state index is 12.3. The van der Waals surface area contributed by atoms with Crippen LogP contribution in [0.15, 0.2) is 24.3 Å². The number of nitro groups is 1. The van der Waals surface area contributed by atoms with Crippen molar-refractivity contribution in [2.24, 2.45) is 0 Å². The molecule has 0 spiro atoms. The predicted octanol–water partition coefficient (Wildman–Crippen LogP) is 2.21. The van der Waals surface area contributed by atoms with Gasteiger partial charge in [0.1, 0.15) is 0 Å². The molecule has 2 N–H and O–H groups in total. The topological polar surface area (TPSA) is 94.9 Å². The molecule has 20 heavy (non-hydrogen) atoms. The van der Waals surface area contributed by atoms with Gasteiger partial charge in [-0.3, -0.25) is 10.1 Å². The van der Waals surface area contributed by atoms with Crippen LogP contribution in [0.1, 0.15) is 0 Å². The third-order valence-electron chi connectivity index (χ3n) is 1.84. The van der Waals surface area contributed by atoms with Crippen LogP contribution in [0.4, 0.5) is 28.9 Å². The van der Waals surface area contributed by atoms with Crippen molar-refractivity contribution in [2.75, 3.05) is 5.73 Å². The molecule has 0 saturated carbocycles. The van der Waals surface area contributed by atoms with Gasteiger partial charge >= 0.3 is 5.69 Å². The van der Waals surface area contributed by atoms with Crippen molar-refractivity contribution in [3.05, 3.63) is 58.2 Å². The number of hydrogen-bond acceptors (Lipinski definition) is 5. The largest absolute Gasteiger partial charge is 0.395 e. The van der Waals surface area contributed by atoms with Crippen LogP contribution in [0.2, 0.25) is 0 Å². The average molecular weight is 290 g/mol. The van der Waals surface area contributed by atoms with Crippen LogP contribution in [-0.2, 0) is 0 Å². The second-order valence-electron chi connectivity index (χ2n) is 3.22. The highest BCUT2D eigenvalue weighted by atomic mass is 19.1. The molecule has 6 nitrogen and oxygen atoms in total. The Kier molecular flexibility index (Phi) is 4.89. The number of nitrogen functional groups attached to an aromatic ring is 1. The van der Waals surface area contributed by atoms with Crippen molar-refractivity contribution in [3.63, 3.8) is 0 Å². The van der Waals surface area contributed by atoms with Crippen LogP contribution in [-0.4, -0.2) is 14.9 Å². The van der Waals surface area contributed by atoms with Crippen molar-refractivity contribution < 1.29 is 22.5 Å². The Bertz CT molecular complexity index is 639. The lowest BCUT2D eigenvalue weighted by atomic mass is 10.4. The minimum Gasteiger partial charge on any atom is -0.395 e. The highest BCUT2D eigenvalue weighted by Crippen LogP contribution is 2.13. The lowest BCUT2D eigenvalue weighted by molar-refractivity contribution is -0.388. The highest BCUT2D eigenvalue weighted by molar-refractivity contribution is 5.34. The molecule has 2 rings (SSSR count). The Morgan fingerprint density at radius 3 is 1.85 bits per heavy atom. The molecular weight excluding hydrogens is 284 g/mol. The lowest BCUT2D eigenvalue weighted by Crippen LogP contribution is -1.96. The molecule has 0 amide bonds. The molecule has 2 heterocycles. The lowest BCUT2D eigenvalue weighted by Gasteiger charge is -1.91. The molecule has 0 atom stereocenters. The van der Waals surface area contributed by atoms with Crippen molar-refractivity contribution in [3.8, 4) is 0 Å². The van der Waals surface area contributed by atoms with Crippen molar-refractivity contribution >= 4 is 11.4 Å². The van der Waals surface area contributed by atoms with E-state index in [4.69, 9.17) is 5.73 Å². The Labute approximate surface area is 109 Å². The molecule has 2 aromatic heterocycles. The summed E-state index contributed by atoms with van der Waals surface area (Å²) in [4.78, 5) is 14.4. The van der Waals surface area contributed by atoms with E-state index in [0.29, 0.717) is 0 Å². The van der Waals surface area contributed by atoms with E-state index in [1.807, 2.05) is 0 Å². The molecule has 10 heteroatoms. The van der Waals surface area contributed by atoms with E-state index in [9.17, 15) is 27.7 Å². The second-order valence-corrected chi connectivity index (χ2v) is 3.22. The second kappa shape index (κ2) is 6.41. The fourth-order valence-electron chi connectivity index (χ4n) is 0.964. The van der Waals surface area contributed by atoms with Gasteiger partial charge in [0.15, 0.2) is 0 Å². The van der Waals surface area contributed by atoms with Gasteiger partial charge in [0.25, 0.3) is 5.95 Å². The summed E-state index contributed by atoms with van der Waals surface area (Å²) in [5, 5.41) is 9.94. The predicted molar refractivity (Wildman–Crippen MR) is 59.4 cm³/mol. The van der Waals surface area contributed by atoms with Gasteiger partial charge in [-0.2, -0.15) is 27.5 Å². The van der Waals surface area contributed by atoms with Gasteiger partial charge in [0.05, 0.1) is 10.6 Å². The SMILES string of the molecule is Nc1ccc(F)nc1F.O=[N+]([O-])c1ccc(F)nc1F. The zero-order valence-corrected chi connectivity index (χ0v) is 9.56. The molecule has 0 aliphatic heterocycles. The summed E-state index contributed by atoms with van der Waals surface area (Å²) in [5.41, 5.74) is 4.01. The average Bonchev–Trinajstić information content (AvgIpc) is 2.34. The zero-order valence-electron chi connectivity index (χ0n) is 9.56. The van der Waals surface area contributed by atoms with Gasteiger partial charge < -0.3 is 5.73 Å². The van der Waals surface area contributed by atoms with Crippen LogP contribution in [0.3, 0.4) is 0 Å². The number of pyridine rings is 2. The quantitative estimate of drug-likeness (QED) is 0.376. The summed E-state index contributed by atoms with van der Waals surface area (Å²) in [6.45, 7) is 0. The number of rotatable bonds is 1. The molecule has 0 aliphatic carbocycles. The fourth-order valence-corrected chi connectivity index (χ4v) is 0.964.